The Labute approximate surface area is 146 Å². The Hall–Kier alpha value is -2.72. The van der Waals surface area contributed by atoms with Gasteiger partial charge in [0.15, 0.2) is 5.11 Å². The zero-order chi connectivity index (χ0) is 16.4. The van der Waals surface area contributed by atoms with E-state index in [1.807, 2.05) is 36.5 Å². The van der Waals surface area contributed by atoms with Crippen LogP contribution in [0.2, 0.25) is 0 Å². The summed E-state index contributed by atoms with van der Waals surface area (Å²) in [6.07, 6.45) is 4.10. The second-order valence-electron chi connectivity index (χ2n) is 5.84. The molecule has 0 aliphatic heterocycles. The molecule has 0 radical (unpaired) electrons. The monoisotopic (exact) mass is 331 g/mol. The van der Waals surface area contributed by atoms with Crippen molar-refractivity contribution in [2.75, 3.05) is 5.32 Å². The van der Waals surface area contributed by atoms with Crippen LogP contribution in [0.25, 0.3) is 10.8 Å². The van der Waals surface area contributed by atoms with Gasteiger partial charge in [-0.2, -0.15) is 5.10 Å². The van der Waals surface area contributed by atoms with Crippen LogP contribution in [-0.2, 0) is 12.8 Å². The Bertz CT molecular complexity index is 922. The highest BCUT2D eigenvalue weighted by Crippen LogP contribution is 2.32. The summed E-state index contributed by atoms with van der Waals surface area (Å²) in [5.74, 6) is 0. The normalized spacial score (nSPS) is 12.7. The van der Waals surface area contributed by atoms with E-state index in [4.69, 9.17) is 12.2 Å². The van der Waals surface area contributed by atoms with Crippen LogP contribution in [0.4, 0.5) is 5.69 Å². The summed E-state index contributed by atoms with van der Waals surface area (Å²) in [4.78, 5) is 0. The van der Waals surface area contributed by atoms with Crippen LogP contribution in [-0.4, -0.2) is 11.3 Å². The predicted molar refractivity (Wildman–Crippen MR) is 105 cm³/mol. The average Bonchev–Trinajstić information content (AvgIpc) is 3.03. The zero-order valence-corrected chi connectivity index (χ0v) is 13.9. The van der Waals surface area contributed by atoms with Crippen molar-refractivity contribution >= 4 is 40.0 Å². The fourth-order valence-corrected chi connectivity index (χ4v) is 3.39. The molecule has 0 aromatic heterocycles. The molecule has 0 unspecified atom stereocenters. The summed E-state index contributed by atoms with van der Waals surface area (Å²) in [6.45, 7) is 0. The van der Waals surface area contributed by atoms with Crippen LogP contribution < -0.4 is 10.7 Å². The minimum Gasteiger partial charge on any atom is -0.331 e. The molecule has 0 spiro atoms. The number of thiocarbonyl (C=S) groups is 1. The number of hydrogen-bond donors (Lipinski definition) is 2. The number of hydrogen-bond acceptors (Lipinski definition) is 2. The van der Waals surface area contributed by atoms with Crippen LogP contribution in [0.5, 0.6) is 0 Å². The minimum absolute atomic E-state index is 0.475. The van der Waals surface area contributed by atoms with Gasteiger partial charge in [-0.3, -0.25) is 5.43 Å². The van der Waals surface area contributed by atoms with E-state index in [0.717, 1.165) is 24.1 Å². The summed E-state index contributed by atoms with van der Waals surface area (Å²) < 4.78 is 0. The van der Waals surface area contributed by atoms with E-state index in [1.54, 1.807) is 0 Å². The van der Waals surface area contributed by atoms with Crippen molar-refractivity contribution in [2.45, 2.75) is 12.8 Å². The molecule has 0 fully saturated rings. The third-order valence-corrected chi connectivity index (χ3v) is 4.51. The molecule has 0 heterocycles. The maximum absolute atomic E-state index is 5.26. The number of benzene rings is 3. The van der Waals surface area contributed by atoms with Gasteiger partial charge in [0.25, 0.3) is 0 Å². The molecule has 3 nitrogen and oxygen atoms in total. The van der Waals surface area contributed by atoms with Gasteiger partial charge in [0.1, 0.15) is 0 Å². The first-order valence-corrected chi connectivity index (χ1v) is 8.41. The van der Waals surface area contributed by atoms with E-state index in [9.17, 15) is 0 Å². The van der Waals surface area contributed by atoms with Gasteiger partial charge in [0.2, 0.25) is 0 Å². The third kappa shape index (κ3) is 2.88. The first kappa shape index (κ1) is 14.8. The maximum Gasteiger partial charge on any atom is 0.191 e. The lowest BCUT2D eigenvalue weighted by Gasteiger charge is -2.07. The number of anilines is 1. The zero-order valence-electron chi connectivity index (χ0n) is 13.1. The van der Waals surface area contributed by atoms with Gasteiger partial charge in [-0.25, -0.2) is 0 Å². The fourth-order valence-electron chi connectivity index (χ4n) is 3.22. The molecule has 2 N–H and O–H groups in total. The summed E-state index contributed by atoms with van der Waals surface area (Å²) in [6, 6.07) is 20.6. The van der Waals surface area contributed by atoms with E-state index >= 15 is 0 Å². The van der Waals surface area contributed by atoms with Crippen LogP contribution >= 0.6 is 12.2 Å². The average molecular weight is 331 g/mol. The Morgan fingerprint density at radius 3 is 2.54 bits per heavy atom. The number of nitrogens with zero attached hydrogens (tertiary/aromatic N) is 1. The van der Waals surface area contributed by atoms with Crippen molar-refractivity contribution in [3.05, 3.63) is 77.4 Å². The predicted octanol–water partition coefficient (Wildman–Crippen LogP) is 4.26. The van der Waals surface area contributed by atoms with Crippen molar-refractivity contribution in [3.63, 3.8) is 0 Å². The van der Waals surface area contributed by atoms with Crippen molar-refractivity contribution in [2.24, 2.45) is 5.10 Å². The molecule has 0 bridgehead atoms. The summed E-state index contributed by atoms with van der Waals surface area (Å²) >= 11 is 5.26. The molecule has 3 aromatic carbocycles. The Balaban J connectivity index is 1.51. The Morgan fingerprint density at radius 2 is 1.71 bits per heavy atom. The van der Waals surface area contributed by atoms with E-state index in [0.29, 0.717) is 5.11 Å². The lowest BCUT2D eigenvalue weighted by atomic mass is 10.0. The molecule has 3 aromatic rings. The van der Waals surface area contributed by atoms with E-state index < -0.39 is 0 Å². The number of hydrazone groups is 1. The molecule has 1 aliphatic rings. The number of rotatable bonds is 3. The van der Waals surface area contributed by atoms with Gasteiger partial charge < -0.3 is 5.32 Å². The van der Waals surface area contributed by atoms with Gasteiger partial charge in [-0.1, -0.05) is 48.5 Å². The van der Waals surface area contributed by atoms with Crippen molar-refractivity contribution < 1.29 is 0 Å². The van der Waals surface area contributed by atoms with Gasteiger partial charge in [0, 0.05) is 11.3 Å². The third-order valence-electron chi connectivity index (χ3n) is 4.31. The lowest BCUT2D eigenvalue weighted by Crippen LogP contribution is -2.23. The van der Waals surface area contributed by atoms with Gasteiger partial charge in [-0.15, -0.1) is 0 Å². The highest BCUT2D eigenvalue weighted by molar-refractivity contribution is 7.80. The number of para-hydroxylation sites is 1. The maximum atomic E-state index is 5.26. The molecule has 0 saturated carbocycles. The van der Waals surface area contributed by atoms with Gasteiger partial charge in [-0.05, 0) is 59.1 Å². The van der Waals surface area contributed by atoms with E-state index in [-0.39, 0.29) is 0 Å². The molecule has 118 valence electrons. The van der Waals surface area contributed by atoms with Crippen molar-refractivity contribution in [3.8, 4) is 0 Å². The van der Waals surface area contributed by atoms with Crippen LogP contribution in [0, 0.1) is 0 Å². The highest BCUT2D eigenvalue weighted by atomic mass is 32.1. The van der Waals surface area contributed by atoms with Crippen LogP contribution in [0.1, 0.15) is 16.7 Å². The molecule has 24 heavy (non-hydrogen) atoms. The molecular formula is C20H17N3S. The minimum atomic E-state index is 0.475. The van der Waals surface area contributed by atoms with Crippen LogP contribution in [0.15, 0.2) is 65.8 Å². The SMILES string of the molecule is S=C(N/N=C\c1ccc2c3c(cccc13)CC2)Nc1ccccc1. The molecule has 0 amide bonds. The summed E-state index contributed by atoms with van der Waals surface area (Å²) in [5.41, 5.74) is 7.80. The molecule has 0 saturated heterocycles. The second kappa shape index (κ2) is 6.42. The molecule has 4 heteroatoms. The highest BCUT2D eigenvalue weighted by Gasteiger charge is 2.14. The Morgan fingerprint density at radius 1 is 0.917 bits per heavy atom. The van der Waals surface area contributed by atoms with Crippen molar-refractivity contribution in [1.82, 2.24) is 5.43 Å². The number of nitrogens with one attached hydrogen (secondary N) is 2. The lowest BCUT2D eigenvalue weighted by molar-refractivity contribution is 1.02. The largest absolute Gasteiger partial charge is 0.331 e. The van der Waals surface area contributed by atoms with E-state index in [1.165, 1.54) is 21.9 Å². The second-order valence-corrected chi connectivity index (χ2v) is 6.25. The first-order valence-electron chi connectivity index (χ1n) is 8.00. The van der Waals surface area contributed by atoms with E-state index in [2.05, 4.69) is 46.2 Å². The fraction of sp³-hybridized carbons (Fsp3) is 0.100. The molecular weight excluding hydrogens is 314 g/mol. The summed E-state index contributed by atoms with van der Waals surface area (Å²) in [7, 11) is 0. The molecule has 4 rings (SSSR count). The smallest absolute Gasteiger partial charge is 0.191 e. The van der Waals surface area contributed by atoms with Gasteiger partial charge >= 0.3 is 0 Å². The topological polar surface area (TPSA) is 36.4 Å². The quantitative estimate of drug-likeness (QED) is 0.428. The first-order chi connectivity index (χ1) is 11.8. The number of aryl methyl sites for hydroxylation is 2. The summed E-state index contributed by atoms with van der Waals surface area (Å²) in [5, 5.41) is 10.5. The molecule has 1 aliphatic carbocycles. The van der Waals surface area contributed by atoms with Gasteiger partial charge in [0.05, 0.1) is 6.21 Å². The standard InChI is InChI=1S/C20H17N3S/c24-20(22-17-6-2-1-3-7-17)23-21-13-16-12-11-15-10-9-14-5-4-8-18(16)19(14)15/h1-8,11-13H,9-10H2,(H2,22,23,24)/b21-13-. The van der Waals surface area contributed by atoms with Crippen LogP contribution in [0.3, 0.4) is 0 Å². The van der Waals surface area contributed by atoms with Crippen molar-refractivity contribution in [1.29, 1.82) is 0 Å². The molecule has 0 atom stereocenters. The Kier molecular flexibility index (Phi) is 3.97.